The normalized spacial score (nSPS) is 12.0. The number of ether oxygens (including phenoxy) is 1. The van der Waals surface area contributed by atoms with Gasteiger partial charge in [0.25, 0.3) is 0 Å². The third kappa shape index (κ3) is 2.96. The van der Waals surface area contributed by atoms with Crippen LogP contribution in [0.5, 0.6) is 5.75 Å². The number of hydrogen-bond donors (Lipinski definition) is 0. The van der Waals surface area contributed by atoms with E-state index < -0.39 is 0 Å². The van der Waals surface area contributed by atoms with Gasteiger partial charge in [-0.15, -0.1) is 11.8 Å². The summed E-state index contributed by atoms with van der Waals surface area (Å²) in [6, 6.07) is 12.1. The van der Waals surface area contributed by atoms with E-state index in [0.29, 0.717) is 34.6 Å². The fourth-order valence-electron chi connectivity index (χ4n) is 2.79. The van der Waals surface area contributed by atoms with Crippen LogP contribution < -0.4 is 4.74 Å². The second-order valence-corrected chi connectivity index (χ2v) is 5.54. The third-order valence-electron chi connectivity index (χ3n) is 3.92. The summed E-state index contributed by atoms with van der Waals surface area (Å²) >= 11 is 0. The largest absolute Gasteiger partial charge is 0.493 e. The van der Waals surface area contributed by atoms with Crippen molar-refractivity contribution in [2.24, 2.45) is 0 Å². The monoisotopic (exact) mass is 318 g/mol. The highest BCUT2D eigenvalue weighted by molar-refractivity contribution is 6.29. The molecule has 0 saturated carbocycles. The second kappa shape index (κ2) is 7.14. The molecule has 0 N–H and O–H groups in total. The number of hydrogen-bond acceptors (Lipinski definition) is 3. The fraction of sp³-hybridized carbons (Fsp3) is 0.238. The summed E-state index contributed by atoms with van der Waals surface area (Å²) < 4.78 is 5.78. The molecule has 0 saturated heterocycles. The average molecular weight is 318 g/mol. The lowest BCUT2D eigenvalue weighted by molar-refractivity contribution is 0.0975. The van der Waals surface area contributed by atoms with Gasteiger partial charge < -0.3 is 4.74 Å². The van der Waals surface area contributed by atoms with Gasteiger partial charge in [-0.25, -0.2) is 0 Å². The Hall–Kier alpha value is -2.86. The molecule has 0 fully saturated rings. The van der Waals surface area contributed by atoms with E-state index in [1.807, 2.05) is 6.92 Å². The Morgan fingerprint density at radius 3 is 2.33 bits per heavy atom. The summed E-state index contributed by atoms with van der Waals surface area (Å²) in [6.07, 6.45) is 2.40. The number of carbonyl (C=O) groups excluding carboxylic acids is 2. The topological polar surface area (TPSA) is 43.4 Å². The predicted molar refractivity (Wildman–Crippen MR) is 92.5 cm³/mol. The van der Waals surface area contributed by atoms with Crippen LogP contribution >= 0.6 is 0 Å². The van der Waals surface area contributed by atoms with Crippen LogP contribution in [0.15, 0.2) is 42.5 Å². The lowest BCUT2D eigenvalue weighted by Gasteiger charge is -2.20. The summed E-state index contributed by atoms with van der Waals surface area (Å²) in [7, 11) is 0. The molecular formula is C21H18O3. The van der Waals surface area contributed by atoms with Crippen LogP contribution in [0.1, 0.15) is 58.0 Å². The Kier molecular flexibility index (Phi) is 4.77. The van der Waals surface area contributed by atoms with Gasteiger partial charge in [-0.1, -0.05) is 43.3 Å². The standard InChI is InChI=1S/C21H18O3/c1-2-3-4-5-8-14-24-18-13-9-12-17-19(18)21(23)16-11-7-6-10-15(16)20(17)22/h6-7,9-13H,2,5,8,14H2,1H3. The zero-order valence-electron chi connectivity index (χ0n) is 13.6. The van der Waals surface area contributed by atoms with Gasteiger partial charge in [-0.05, 0) is 12.5 Å². The molecule has 0 atom stereocenters. The first kappa shape index (κ1) is 16.0. The van der Waals surface area contributed by atoms with Crippen LogP contribution in [0.2, 0.25) is 0 Å². The summed E-state index contributed by atoms with van der Waals surface area (Å²) in [4.78, 5) is 25.4. The van der Waals surface area contributed by atoms with E-state index in [1.165, 1.54) is 0 Å². The second-order valence-electron chi connectivity index (χ2n) is 5.54. The van der Waals surface area contributed by atoms with Crippen LogP contribution in [0.4, 0.5) is 0 Å². The molecule has 0 aliphatic heterocycles. The molecule has 120 valence electrons. The zero-order valence-corrected chi connectivity index (χ0v) is 13.6. The first-order chi connectivity index (χ1) is 11.7. The van der Waals surface area contributed by atoms with Crippen molar-refractivity contribution in [2.45, 2.75) is 26.2 Å². The minimum absolute atomic E-state index is 0.125. The molecule has 0 aromatic heterocycles. The minimum atomic E-state index is -0.151. The van der Waals surface area contributed by atoms with Crippen LogP contribution in [0, 0.1) is 11.8 Å². The lowest BCUT2D eigenvalue weighted by Crippen LogP contribution is -2.21. The summed E-state index contributed by atoms with van der Waals surface area (Å²) in [5.74, 6) is 6.28. The maximum absolute atomic E-state index is 12.8. The average Bonchev–Trinajstić information content (AvgIpc) is 2.62. The first-order valence-electron chi connectivity index (χ1n) is 8.14. The number of unbranched alkanes of at least 4 members (excludes halogenated alkanes) is 1. The Morgan fingerprint density at radius 2 is 1.58 bits per heavy atom. The Bertz CT molecular complexity index is 853. The number of fused-ring (bicyclic) bond motifs is 2. The molecule has 3 heteroatoms. The van der Waals surface area contributed by atoms with E-state index in [0.717, 1.165) is 19.3 Å². The molecule has 3 nitrogen and oxygen atoms in total. The smallest absolute Gasteiger partial charge is 0.198 e. The highest BCUT2D eigenvalue weighted by atomic mass is 16.5. The van der Waals surface area contributed by atoms with Crippen LogP contribution in [-0.2, 0) is 0 Å². The van der Waals surface area contributed by atoms with E-state index in [1.54, 1.807) is 42.5 Å². The van der Waals surface area contributed by atoms with Crippen molar-refractivity contribution in [1.82, 2.24) is 0 Å². The number of rotatable bonds is 4. The van der Waals surface area contributed by atoms with E-state index in [2.05, 4.69) is 11.8 Å². The first-order valence-corrected chi connectivity index (χ1v) is 8.14. The molecule has 24 heavy (non-hydrogen) atoms. The van der Waals surface area contributed by atoms with Crippen molar-refractivity contribution in [3.8, 4) is 17.6 Å². The van der Waals surface area contributed by atoms with Crippen LogP contribution in [-0.4, -0.2) is 18.2 Å². The van der Waals surface area contributed by atoms with Crippen molar-refractivity contribution in [3.63, 3.8) is 0 Å². The lowest BCUT2D eigenvalue weighted by atomic mass is 9.83. The van der Waals surface area contributed by atoms with Crippen molar-refractivity contribution in [2.75, 3.05) is 6.61 Å². The van der Waals surface area contributed by atoms with E-state index in [9.17, 15) is 9.59 Å². The molecule has 0 radical (unpaired) electrons. The van der Waals surface area contributed by atoms with Crippen molar-refractivity contribution in [1.29, 1.82) is 0 Å². The maximum atomic E-state index is 12.8. The SMILES string of the molecule is CCC#CCCCOc1cccc2c1C(=O)c1ccccc1C2=O. The molecule has 0 heterocycles. The third-order valence-corrected chi connectivity index (χ3v) is 3.92. The Balaban J connectivity index is 1.84. The van der Waals surface area contributed by atoms with Gasteiger partial charge in [0.2, 0.25) is 0 Å². The predicted octanol–water partition coefficient (Wildman–Crippen LogP) is 4.03. The molecule has 3 rings (SSSR count). The molecule has 2 aromatic rings. The maximum Gasteiger partial charge on any atom is 0.198 e. The zero-order chi connectivity index (χ0) is 16.9. The fourth-order valence-corrected chi connectivity index (χ4v) is 2.79. The van der Waals surface area contributed by atoms with Crippen LogP contribution in [0.25, 0.3) is 0 Å². The Labute approximate surface area is 141 Å². The van der Waals surface area contributed by atoms with Gasteiger partial charge in [0.05, 0.1) is 12.2 Å². The highest BCUT2D eigenvalue weighted by Gasteiger charge is 2.31. The van der Waals surface area contributed by atoms with E-state index in [4.69, 9.17) is 4.74 Å². The van der Waals surface area contributed by atoms with Gasteiger partial charge in [-0.3, -0.25) is 9.59 Å². The Morgan fingerprint density at radius 1 is 0.875 bits per heavy atom. The summed E-state index contributed by atoms with van der Waals surface area (Å²) in [6.45, 7) is 2.48. The van der Waals surface area contributed by atoms with Crippen LogP contribution in [0.3, 0.4) is 0 Å². The van der Waals surface area contributed by atoms with Gasteiger partial charge in [0, 0.05) is 29.5 Å². The summed E-state index contributed by atoms with van der Waals surface area (Å²) in [5, 5.41) is 0. The molecule has 0 unspecified atom stereocenters. The van der Waals surface area contributed by atoms with Gasteiger partial charge >= 0.3 is 0 Å². The van der Waals surface area contributed by atoms with Gasteiger partial charge in [0.1, 0.15) is 5.75 Å². The molecule has 2 aromatic carbocycles. The minimum Gasteiger partial charge on any atom is -0.493 e. The molecule has 0 bridgehead atoms. The van der Waals surface area contributed by atoms with Gasteiger partial charge in [0.15, 0.2) is 11.6 Å². The quantitative estimate of drug-likeness (QED) is 0.539. The molecule has 1 aliphatic rings. The van der Waals surface area contributed by atoms with Crippen molar-refractivity contribution < 1.29 is 14.3 Å². The molecule has 0 spiro atoms. The van der Waals surface area contributed by atoms with Gasteiger partial charge in [-0.2, -0.15) is 0 Å². The van der Waals surface area contributed by atoms with E-state index in [-0.39, 0.29) is 11.6 Å². The number of benzene rings is 2. The number of carbonyl (C=O) groups is 2. The molecule has 0 amide bonds. The van der Waals surface area contributed by atoms with Crippen molar-refractivity contribution in [3.05, 3.63) is 64.7 Å². The van der Waals surface area contributed by atoms with Crippen molar-refractivity contribution >= 4 is 11.6 Å². The highest BCUT2D eigenvalue weighted by Crippen LogP contribution is 2.33. The molecule has 1 aliphatic carbocycles. The summed E-state index contributed by atoms with van der Waals surface area (Å²) in [5.41, 5.74) is 1.70. The number of ketones is 2. The molecular weight excluding hydrogens is 300 g/mol. The van der Waals surface area contributed by atoms with E-state index >= 15 is 0 Å².